The minimum Gasteiger partial charge on any atom is -0.465 e. The van der Waals surface area contributed by atoms with Gasteiger partial charge >= 0.3 is 5.97 Å². The Morgan fingerprint density at radius 1 is 1.31 bits per heavy atom. The van der Waals surface area contributed by atoms with Gasteiger partial charge in [0.1, 0.15) is 0 Å². The Morgan fingerprint density at radius 3 is 2.69 bits per heavy atom. The molecule has 0 saturated carbocycles. The third kappa shape index (κ3) is 3.36. The lowest BCUT2D eigenvalue weighted by atomic mass is 9.79. The van der Waals surface area contributed by atoms with Crippen molar-refractivity contribution in [2.75, 3.05) is 6.61 Å². The Kier molecular flexibility index (Phi) is 5.04. The maximum absolute atomic E-state index is 11.9. The predicted octanol–water partition coefficient (Wildman–Crippen LogP) is 3.86. The zero-order valence-electron chi connectivity index (χ0n) is 10.8. The first-order chi connectivity index (χ1) is 7.59. The standard InChI is InChI=1S/C14H24O2/c1-4-16-13(15)14(2,3)12-10-8-6-5-7-9-11-12/h10H,4-9,11H2,1-3H3. The van der Waals surface area contributed by atoms with Gasteiger partial charge < -0.3 is 4.74 Å². The fourth-order valence-electron chi connectivity index (χ4n) is 2.20. The van der Waals surface area contributed by atoms with Crippen LogP contribution in [0.1, 0.15) is 59.3 Å². The predicted molar refractivity (Wildman–Crippen MR) is 66.2 cm³/mol. The normalized spacial score (nSPS) is 18.3. The van der Waals surface area contributed by atoms with Gasteiger partial charge in [-0.1, -0.05) is 24.5 Å². The number of hydrogen-bond acceptors (Lipinski definition) is 2. The van der Waals surface area contributed by atoms with Crippen LogP contribution in [0.2, 0.25) is 0 Å². The lowest BCUT2D eigenvalue weighted by Gasteiger charge is -2.27. The molecule has 0 aromatic carbocycles. The van der Waals surface area contributed by atoms with Crippen molar-refractivity contribution in [1.29, 1.82) is 0 Å². The molecule has 0 saturated heterocycles. The van der Waals surface area contributed by atoms with Gasteiger partial charge in [0.2, 0.25) is 0 Å². The van der Waals surface area contributed by atoms with Crippen LogP contribution in [-0.4, -0.2) is 12.6 Å². The molecule has 0 amide bonds. The summed E-state index contributed by atoms with van der Waals surface area (Å²) in [5, 5.41) is 0. The second kappa shape index (κ2) is 6.07. The molecular formula is C14H24O2. The molecule has 92 valence electrons. The summed E-state index contributed by atoms with van der Waals surface area (Å²) in [5.74, 6) is -0.0816. The van der Waals surface area contributed by atoms with Crippen LogP contribution in [0.15, 0.2) is 11.6 Å². The number of esters is 1. The molecular weight excluding hydrogens is 200 g/mol. The highest BCUT2D eigenvalue weighted by Crippen LogP contribution is 2.33. The second-order valence-corrected chi connectivity index (χ2v) is 5.03. The summed E-state index contributed by atoms with van der Waals surface area (Å²) in [7, 11) is 0. The van der Waals surface area contributed by atoms with E-state index in [9.17, 15) is 4.79 Å². The van der Waals surface area contributed by atoms with Crippen molar-refractivity contribution in [2.45, 2.75) is 59.3 Å². The SMILES string of the molecule is CCOC(=O)C(C)(C)C1=CCCCCCC1. The van der Waals surface area contributed by atoms with E-state index in [2.05, 4.69) is 6.08 Å². The monoisotopic (exact) mass is 224 g/mol. The summed E-state index contributed by atoms with van der Waals surface area (Å²) < 4.78 is 5.15. The molecule has 0 spiro atoms. The van der Waals surface area contributed by atoms with Crippen LogP contribution < -0.4 is 0 Å². The lowest BCUT2D eigenvalue weighted by molar-refractivity contribution is -0.151. The Balaban J connectivity index is 2.74. The molecule has 0 fully saturated rings. The Hall–Kier alpha value is -0.790. The minimum absolute atomic E-state index is 0.0816. The fourth-order valence-corrected chi connectivity index (χ4v) is 2.20. The zero-order chi connectivity index (χ0) is 12.0. The number of carbonyl (C=O) groups is 1. The van der Waals surface area contributed by atoms with Crippen molar-refractivity contribution in [3.8, 4) is 0 Å². The van der Waals surface area contributed by atoms with Crippen molar-refractivity contribution < 1.29 is 9.53 Å². The van der Waals surface area contributed by atoms with E-state index in [-0.39, 0.29) is 5.97 Å². The largest absolute Gasteiger partial charge is 0.465 e. The van der Waals surface area contributed by atoms with Gasteiger partial charge in [0.25, 0.3) is 0 Å². The van der Waals surface area contributed by atoms with Gasteiger partial charge in [-0.15, -0.1) is 0 Å². The van der Waals surface area contributed by atoms with Crippen molar-refractivity contribution in [2.24, 2.45) is 5.41 Å². The highest BCUT2D eigenvalue weighted by atomic mass is 16.5. The first-order valence-corrected chi connectivity index (χ1v) is 6.45. The molecule has 0 atom stereocenters. The van der Waals surface area contributed by atoms with E-state index < -0.39 is 5.41 Å². The molecule has 2 heteroatoms. The molecule has 0 bridgehead atoms. The lowest BCUT2D eigenvalue weighted by Crippen LogP contribution is -2.29. The van der Waals surface area contributed by atoms with E-state index in [0.717, 1.165) is 12.8 Å². The van der Waals surface area contributed by atoms with Crippen molar-refractivity contribution in [3.05, 3.63) is 11.6 Å². The van der Waals surface area contributed by atoms with E-state index in [1.807, 2.05) is 20.8 Å². The fraction of sp³-hybridized carbons (Fsp3) is 0.786. The quantitative estimate of drug-likeness (QED) is 0.537. The highest BCUT2D eigenvalue weighted by Gasteiger charge is 2.32. The van der Waals surface area contributed by atoms with Gasteiger partial charge in [-0.05, 0) is 46.5 Å². The van der Waals surface area contributed by atoms with Crippen molar-refractivity contribution in [1.82, 2.24) is 0 Å². The molecule has 0 unspecified atom stereocenters. The second-order valence-electron chi connectivity index (χ2n) is 5.03. The topological polar surface area (TPSA) is 26.3 Å². The minimum atomic E-state index is -0.437. The van der Waals surface area contributed by atoms with Gasteiger partial charge in [0, 0.05) is 0 Å². The van der Waals surface area contributed by atoms with Crippen molar-refractivity contribution in [3.63, 3.8) is 0 Å². The zero-order valence-corrected chi connectivity index (χ0v) is 10.8. The van der Waals surface area contributed by atoms with Gasteiger partial charge in [-0.2, -0.15) is 0 Å². The van der Waals surface area contributed by atoms with Gasteiger partial charge in [0.15, 0.2) is 0 Å². The molecule has 0 aromatic rings. The van der Waals surface area contributed by atoms with Crippen LogP contribution in [0.5, 0.6) is 0 Å². The maximum atomic E-state index is 11.9. The van der Waals surface area contributed by atoms with Crippen LogP contribution in [-0.2, 0) is 9.53 Å². The van der Waals surface area contributed by atoms with Crippen LogP contribution in [0.3, 0.4) is 0 Å². The number of rotatable bonds is 3. The summed E-state index contributed by atoms with van der Waals surface area (Å²) in [5.41, 5.74) is 0.832. The molecule has 0 aromatic heterocycles. The third-order valence-corrected chi connectivity index (χ3v) is 3.38. The number of ether oxygens (including phenoxy) is 1. The van der Waals surface area contributed by atoms with Crippen molar-refractivity contribution >= 4 is 5.97 Å². The van der Waals surface area contributed by atoms with Gasteiger partial charge in [-0.25, -0.2) is 0 Å². The van der Waals surface area contributed by atoms with E-state index in [0.29, 0.717) is 6.61 Å². The van der Waals surface area contributed by atoms with Crippen LogP contribution in [0.25, 0.3) is 0 Å². The molecule has 0 radical (unpaired) electrons. The first-order valence-electron chi connectivity index (χ1n) is 6.45. The molecule has 16 heavy (non-hydrogen) atoms. The van der Waals surface area contributed by atoms with E-state index in [4.69, 9.17) is 4.74 Å². The number of hydrogen-bond donors (Lipinski definition) is 0. The highest BCUT2D eigenvalue weighted by molar-refractivity contribution is 5.79. The van der Waals surface area contributed by atoms with Gasteiger partial charge in [-0.3, -0.25) is 4.79 Å². The molecule has 0 aliphatic heterocycles. The molecule has 1 aliphatic rings. The Morgan fingerprint density at radius 2 is 2.00 bits per heavy atom. The summed E-state index contributed by atoms with van der Waals surface area (Å²) in [6.45, 7) is 6.30. The van der Waals surface area contributed by atoms with Crippen LogP contribution in [0.4, 0.5) is 0 Å². The van der Waals surface area contributed by atoms with E-state index in [1.165, 1.54) is 31.3 Å². The van der Waals surface area contributed by atoms with E-state index >= 15 is 0 Å². The Bertz CT molecular complexity index is 264. The average Bonchev–Trinajstić information content (AvgIpc) is 2.16. The summed E-state index contributed by atoms with van der Waals surface area (Å²) in [6.07, 6.45) is 9.48. The molecule has 0 heterocycles. The summed E-state index contributed by atoms with van der Waals surface area (Å²) in [6, 6.07) is 0. The summed E-state index contributed by atoms with van der Waals surface area (Å²) in [4.78, 5) is 11.9. The van der Waals surface area contributed by atoms with E-state index in [1.54, 1.807) is 0 Å². The third-order valence-electron chi connectivity index (χ3n) is 3.38. The molecule has 2 nitrogen and oxygen atoms in total. The smallest absolute Gasteiger partial charge is 0.315 e. The summed E-state index contributed by atoms with van der Waals surface area (Å²) >= 11 is 0. The van der Waals surface area contributed by atoms with Gasteiger partial charge in [0.05, 0.1) is 12.0 Å². The number of carbonyl (C=O) groups excluding carboxylic acids is 1. The molecule has 1 aliphatic carbocycles. The van der Waals surface area contributed by atoms with Crippen LogP contribution in [0, 0.1) is 5.41 Å². The Labute approximate surface area is 99.1 Å². The van der Waals surface area contributed by atoms with Crippen LogP contribution >= 0.6 is 0 Å². The first kappa shape index (κ1) is 13.3. The average molecular weight is 224 g/mol. The number of allylic oxidation sites excluding steroid dienone is 1. The maximum Gasteiger partial charge on any atom is 0.315 e. The molecule has 1 rings (SSSR count). The molecule has 0 N–H and O–H groups in total.